The van der Waals surface area contributed by atoms with Crippen molar-refractivity contribution in [2.75, 3.05) is 26.2 Å². The summed E-state index contributed by atoms with van der Waals surface area (Å²) >= 11 is 0. The van der Waals surface area contributed by atoms with Crippen LogP contribution in [0.1, 0.15) is 19.3 Å². The summed E-state index contributed by atoms with van der Waals surface area (Å²) in [4.78, 5) is 31.4. The van der Waals surface area contributed by atoms with Crippen LogP contribution in [0.5, 0.6) is 0 Å². The van der Waals surface area contributed by atoms with Crippen LogP contribution < -0.4 is 10.9 Å². The van der Waals surface area contributed by atoms with Crippen LogP contribution in [-0.4, -0.2) is 46.5 Å². The minimum atomic E-state index is -0.0742. The number of halogens is 1. The molecule has 0 saturated carbocycles. The van der Waals surface area contributed by atoms with E-state index in [2.05, 4.69) is 10.3 Å². The number of benzene rings is 1. The number of aromatic nitrogens is 2. The molecule has 1 aromatic carbocycles. The van der Waals surface area contributed by atoms with Gasteiger partial charge in [-0.2, -0.15) is 0 Å². The predicted molar refractivity (Wildman–Crippen MR) is 104 cm³/mol. The summed E-state index contributed by atoms with van der Waals surface area (Å²) in [5.41, 5.74) is 0.623. The second-order valence-corrected chi connectivity index (χ2v) is 7.15. The molecule has 3 heterocycles. The van der Waals surface area contributed by atoms with Crippen LogP contribution in [0.4, 0.5) is 0 Å². The van der Waals surface area contributed by atoms with Gasteiger partial charge in [-0.25, -0.2) is 4.98 Å². The van der Waals surface area contributed by atoms with Crippen molar-refractivity contribution in [2.45, 2.75) is 25.8 Å². The lowest BCUT2D eigenvalue weighted by molar-refractivity contribution is -0.131. The van der Waals surface area contributed by atoms with Crippen LogP contribution in [-0.2, 0) is 11.3 Å². The highest BCUT2D eigenvalue weighted by Crippen LogP contribution is 2.27. The van der Waals surface area contributed by atoms with Gasteiger partial charge in [-0.15, -0.1) is 12.4 Å². The van der Waals surface area contributed by atoms with Crippen molar-refractivity contribution in [3.63, 3.8) is 0 Å². The fraction of sp³-hybridized carbons (Fsp3) is 0.526. The van der Waals surface area contributed by atoms with E-state index < -0.39 is 0 Å². The molecule has 1 aromatic heterocycles. The van der Waals surface area contributed by atoms with Crippen LogP contribution >= 0.6 is 12.4 Å². The lowest BCUT2D eigenvalue weighted by atomic mass is 9.92. The van der Waals surface area contributed by atoms with Crippen molar-refractivity contribution in [1.29, 1.82) is 0 Å². The summed E-state index contributed by atoms with van der Waals surface area (Å²) in [5.74, 6) is 1.57. The Kier molecular flexibility index (Phi) is 5.94. The number of aryl methyl sites for hydroxylation is 1. The fourth-order valence-electron chi connectivity index (χ4n) is 4.11. The number of nitrogens with zero attached hydrogens (tertiary/aromatic N) is 3. The number of likely N-dealkylation sites (tertiary alicyclic amines) is 1. The van der Waals surface area contributed by atoms with Crippen molar-refractivity contribution < 1.29 is 4.79 Å². The van der Waals surface area contributed by atoms with Crippen molar-refractivity contribution in [1.82, 2.24) is 19.8 Å². The van der Waals surface area contributed by atoms with Gasteiger partial charge in [0.1, 0.15) is 0 Å². The molecule has 2 aromatic rings. The van der Waals surface area contributed by atoms with Gasteiger partial charge in [0.25, 0.3) is 5.56 Å². The summed E-state index contributed by atoms with van der Waals surface area (Å²) in [7, 11) is 0. The van der Waals surface area contributed by atoms with Gasteiger partial charge in [-0.05, 0) is 49.9 Å². The molecule has 2 aliphatic heterocycles. The molecule has 1 amide bonds. The minimum absolute atomic E-state index is 0. The smallest absolute Gasteiger partial charge is 0.261 e. The first-order valence-corrected chi connectivity index (χ1v) is 9.15. The normalized spacial score (nSPS) is 22.5. The van der Waals surface area contributed by atoms with Crippen molar-refractivity contribution in [2.24, 2.45) is 11.8 Å². The Hall–Kier alpha value is -1.92. The van der Waals surface area contributed by atoms with Gasteiger partial charge in [-0.1, -0.05) is 12.1 Å². The third-order valence-corrected chi connectivity index (χ3v) is 5.67. The number of hydrogen-bond acceptors (Lipinski definition) is 4. The van der Waals surface area contributed by atoms with Gasteiger partial charge in [0.15, 0.2) is 0 Å². The molecule has 2 saturated heterocycles. The van der Waals surface area contributed by atoms with Crippen LogP contribution in [0, 0.1) is 11.8 Å². The first-order chi connectivity index (χ1) is 12.2. The topological polar surface area (TPSA) is 67.2 Å². The Morgan fingerprint density at radius 1 is 1.15 bits per heavy atom. The van der Waals surface area contributed by atoms with Gasteiger partial charge in [-0.3, -0.25) is 14.2 Å². The molecule has 140 valence electrons. The van der Waals surface area contributed by atoms with Crippen LogP contribution in [0.15, 0.2) is 35.4 Å². The zero-order chi connectivity index (χ0) is 17.2. The summed E-state index contributed by atoms with van der Waals surface area (Å²) in [6.45, 7) is 4.25. The standard InChI is InChI=1S/C19H24N4O2.ClH/c24-18(22-8-5-14-11-20-12-15(14)6-9-22)7-10-23-13-21-17-4-2-1-3-16(17)19(23)25;/h1-4,13-15,20H,5-12H2;1H/t14-,15+;. The molecule has 0 aliphatic carbocycles. The van der Waals surface area contributed by atoms with Gasteiger partial charge in [0.05, 0.1) is 17.2 Å². The summed E-state index contributed by atoms with van der Waals surface area (Å²) in [6, 6.07) is 7.32. The van der Waals surface area contributed by atoms with Crippen LogP contribution in [0.3, 0.4) is 0 Å². The molecule has 4 rings (SSSR count). The lowest BCUT2D eigenvalue weighted by Gasteiger charge is -2.21. The minimum Gasteiger partial charge on any atom is -0.343 e. The maximum Gasteiger partial charge on any atom is 0.261 e. The first-order valence-electron chi connectivity index (χ1n) is 9.15. The Labute approximate surface area is 159 Å². The number of fused-ring (bicyclic) bond motifs is 2. The Morgan fingerprint density at radius 2 is 1.85 bits per heavy atom. The van der Waals surface area contributed by atoms with E-state index in [0.717, 1.165) is 39.0 Å². The largest absolute Gasteiger partial charge is 0.343 e. The number of para-hydroxylation sites is 1. The maximum atomic E-state index is 12.6. The summed E-state index contributed by atoms with van der Waals surface area (Å²) in [5, 5.41) is 4.06. The Bertz CT molecular complexity index is 824. The average molecular weight is 377 g/mol. The van der Waals surface area contributed by atoms with E-state index in [-0.39, 0.29) is 23.9 Å². The highest BCUT2D eigenvalue weighted by atomic mass is 35.5. The van der Waals surface area contributed by atoms with E-state index in [0.29, 0.717) is 35.7 Å². The molecular weight excluding hydrogens is 352 g/mol. The molecule has 2 atom stereocenters. The van der Waals surface area contributed by atoms with E-state index in [1.165, 1.54) is 0 Å². The van der Waals surface area contributed by atoms with Gasteiger partial charge in [0, 0.05) is 26.1 Å². The predicted octanol–water partition coefficient (Wildman–Crippen LogP) is 1.67. The zero-order valence-corrected chi connectivity index (χ0v) is 15.6. The Balaban J connectivity index is 0.00000196. The highest BCUT2D eigenvalue weighted by molar-refractivity contribution is 5.85. The third-order valence-electron chi connectivity index (χ3n) is 5.67. The molecule has 26 heavy (non-hydrogen) atoms. The van der Waals surface area contributed by atoms with Crippen molar-refractivity contribution in [3.8, 4) is 0 Å². The molecule has 0 spiro atoms. The number of carbonyl (C=O) groups excluding carboxylic acids is 1. The molecule has 6 nitrogen and oxygen atoms in total. The first kappa shape index (κ1) is 18.9. The van der Waals surface area contributed by atoms with E-state index >= 15 is 0 Å². The van der Waals surface area contributed by atoms with E-state index in [9.17, 15) is 9.59 Å². The number of carbonyl (C=O) groups is 1. The molecular formula is C19H25ClN4O2. The zero-order valence-electron chi connectivity index (χ0n) is 14.8. The van der Waals surface area contributed by atoms with Gasteiger partial charge in [0.2, 0.25) is 5.91 Å². The molecule has 2 aliphatic rings. The average Bonchev–Trinajstić information content (AvgIpc) is 2.99. The monoisotopic (exact) mass is 376 g/mol. The molecule has 0 unspecified atom stereocenters. The molecule has 7 heteroatoms. The number of rotatable bonds is 3. The number of nitrogens with one attached hydrogen (secondary N) is 1. The number of amides is 1. The Morgan fingerprint density at radius 3 is 2.58 bits per heavy atom. The van der Waals surface area contributed by atoms with Crippen molar-refractivity contribution >= 4 is 29.2 Å². The second-order valence-electron chi connectivity index (χ2n) is 7.15. The van der Waals surface area contributed by atoms with Crippen LogP contribution in [0.25, 0.3) is 10.9 Å². The van der Waals surface area contributed by atoms with E-state index in [1.54, 1.807) is 17.0 Å². The maximum absolute atomic E-state index is 12.6. The second kappa shape index (κ2) is 8.18. The summed E-state index contributed by atoms with van der Waals surface area (Å²) < 4.78 is 1.55. The molecule has 0 radical (unpaired) electrons. The van der Waals surface area contributed by atoms with E-state index in [4.69, 9.17) is 0 Å². The number of hydrogen-bond donors (Lipinski definition) is 1. The summed E-state index contributed by atoms with van der Waals surface area (Å²) in [6.07, 6.45) is 4.08. The van der Waals surface area contributed by atoms with Crippen LogP contribution in [0.2, 0.25) is 0 Å². The molecule has 0 bridgehead atoms. The van der Waals surface area contributed by atoms with Gasteiger partial charge < -0.3 is 10.2 Å². The quantitative estimate of drug-likeness (QED) is 0.884. The third kappa shape index (κ3) is 3.76. The van der Waals surface area contributed by atoms with Gasteiger partial charge >= 0.3 is 0 Å². The molecule has 2 fully saturated rings. The fourth-order valence-corrected chi connectivity index (χ4v) is 4.11. The van der Waals surface area contributed by atoms with Crippen molar-refractivity contribution in [3.05, 3.63) is 40.9 Å². The SMILES string of the molecule is Cl.O=C(CCn1cnc2ccccc2c1=O)N1CC[C@@H]2CNC[C@@H]2CC1. The van der Waals surface area contributed by atoms with E-state index in [1.807, 2.05) is 23.1 Å². The highest BCUT2D eigenvalue weighted by Gasteiger charge is 2.31. The lowest BCUT2D eigenvalue weighted by Crippen LogP contribution is -2.34. The molecule has 1 N–H and O–H groups in total.